The summed E-state index contributed by atoms with van der Waals surface area (Å²) in [7, 11) is 2.79. The van der Waals surface area contributed by atoms with Crippen molar-refractivity contribution in [1.82, 2.24) is 9.97 Å². The van der Waals surface area contributed by atoms with Crippen molar-refractivity contribution in [3.05, 3.63) is 52.1 Å². The summed E-state index contributed by atoms with van der Waals surface area (Å²) in [5.74, 6) is 0.303. The fourth-order valence-corrected chi connectivity index (χ4v) is 5.89. The van der Waals surface area contributed by atoms with Crippen molar-refractivity contribution in [2.45, 2.75) is 59.2 Å². The molecule has 6 nitrogen and oxygen atoms in total. The first-order chi connectivity index (χ1) is 17.5. The van der Waals surface area contributed by atoms with Crippen LogP contribution >= 0.6 is 9.24 Å². The summed E-state index contributed by atoms with van der Waals surface area (Å²) in [6.07, 6.45) is 6.54. The van der Waals surface area contributed by atoms with Crippen molar-refractivity contribution in [2.24, 2.45) is 5.73 Å². The Morgan fingerprint density at radius 1 is 1.22 bits per heavy atom. The molecular formula is C28H31FN5OP. The Balaban J connectivity index is 1.82. The molecule has 3 heterocycles. The Morgan fingerprint density at radius 3 is 2.69 bits per heavy atom. The Morgan fingerprint density at radius 2 is 1.97 bits per heavy atom. The maximum atomic E-state index is 15.8. The normalized spacial score (nSPS) is 15.8. The molecule has 0 saturated carbocycles. The van der Waals surface area contributed by atoms with Crippen molar-refractivity contribution in [3.8, 4) is 17.2 Å². The van der Waals surface area contributed by atoms with Gasteiger partial charge in [-0.15, -0.1) is 9.24 Å². The number of hydrogen-bond acceptors (Lipinski definition) is 6. The summed E-state index contributed by atoms with van der Waals surface area (Å²) >= 11 is 0. The molecule has 8 heteroatoms. The standard InChI is InChI=1S/C28H31FN5OP/c1-3-4-7-22(31)17(12-30)23-16(2)8-9-21(29)25(23)24-20-15-35-14-19(20)18-13-32-28(33-26(18)27(24)36)34-10-5-6-11-34/h8-9,13H,3-7,10-11,14-15,31,36H2,1-2H3/b22-17+. The first-order valence-corrected chi connectivity index (χ1v) is 13.1. The number of nitrogens with two attached hydrogens (primary N) is 1. The molecule has 1 atom stereocenters. The Labute approximate surface area is 213 Å². The number of hydrogen-bond donors (Lipinski definition) is 1. The minimum absolute atomic E-state index is 0.341. The maximum Gasteiger partial charge on any atom is 0.225 e. The van der Waals surface area contributed by atoms with Crippen molar-refractivity contribution >= 4 is 37.0 Å². The number of halogens is 1. The van der Waals surface area contributed by atoms with Gasteiger partial charge in [-0.25, -0.2) is 14.4 Å². The van der Waals surface area contributed by atoms with Gasteiger partial charge in [-0.1, -0.05) is 19.4 Å². The van der Waals surface area contributed by atoms with E-state index in [-0.39, 0.29) is 0 Å². The third kappa shape index (κ3) is 4.13. The van der Waals surface area contributed by atoms with E-state index in [0.717, 1.165) is 77.2 Å². The van der Waals surface area contributed by atoms with E-state index in [2.05, 4.69) is 32.1 Å². The van der Waals surface area contributed by atoms with Crippen LogP contribution in [-0.4, -0.2) is 23.1 Å². The average molecular weight is 504 g/mol. The van der Waals surface area contributed by atoms with Crippen LogP contribution in [0.5, 0.6) is 0 Å². The van der Waals surface area contributed by atoms with Gasteiger partial charge in [-0.05, 0) is 55.4 Å². The van der Waals surface area contributed by atoms with Gasteiger partial charge in [0.2, 0.25) is 5.95 Å². The van der Waals surface area contributed by atoms with Gasteiger partial charge in [0.25, 0.3) is 0 Å². The lowest BCUT2D eigenvalue weighted by atomic mass is 9.85. The molecule has 0 spiro atoms. The molecule has 2 aliphatic rings. The second-order valence-corrected chi connectivity index (χ2v) is 10.2. The fourth-order valence-electron chi connectivity index (χ4n) is 5.36. The molecule has 2 aliphatic heterocycles. The van der Waals surface area contributed by atoms with Gasteiger partial charge in [0, 0.05) is 52.4 Å². The molecule has 0 bridgehead atoms. The third-order valence-corrected chi connectivity index (χ3v) is 7.83. The number of aromatic nitrogens is 2. The van der Waals surface area contributed by atoms with Gasteiger partial charge in [-0.3, -0.25) is 0 Å². The minimum Gasteiger partial charge on any atom is -0.401 e. The molecule has 186 valence electrons. The summed E-state index contributed by atoms with van der Waals surface area (Å²) in [5, 5.41) is 11.9. The van der Waals surface area contributed by atoms with Crippen LogP contribution in [0, 0.1) is 24.1 Å². The smallest absolute Gasteiger partial charge is 0.225 e. The van der Waals surface area contributed by atoms with Crippen molar-refractivity contribution < 1.29 is 9.13 Å². The molecule has 2 N–H and O–H groups in total. The number of ether oxygens (including phenoxy) is 1. The lowest BCUT2D eigenvalue weighted by Crippen LogP contribution is -2.21. The van der Waals surface area contributed by atoms with E-state index in [1.54, 1.807) is 6.07 Å². The van der Waals surface area contributed by atoms with Crippen LogP contribution in [0.3, 0.4) is 0 Å². The van der Waals surface area contributed by atoms with Gasteiger partial charge in [0.05, 0.1) is 24.3 Å². The van der Waals surface area contributed by atoms with Gasteiger partial charge >= 0.3 is 0 Å². The number of unbranched alkanes of at least 4 members (excludes halogenated alkanes) is 1. The SMILES string of the molecule is CCCC/C(N)=C(/C#N)c1c(C)ccc(F)c1-c1c2c(c3cnc(N4CCCC4)nc3c1P)COC2. The number of nitrogens with zero attached hydrogens (tertiary/aromatic N) is 4. The summed E-state index contributed by atoms with van der Waals surface area (Å²) in [5.41, 5.74) is 12.4. The molecule has 5 rings (SSSR count). The number of rotatable bonds is 6. The number of aryl methyl sites for hydroxylation is 1. The lowest BCUT2D eigenvalue weighted by Gasteiger charge is -2.21. The minimum atomic E-state index is -0.391. The van der Waals surface area contributed by atoms with Crippen LogP contribution in [0.25, 0.3) is 27.6 Å². The highest BCUT2D eigenvalue weighted by Crippen LogP contribution is 2.42. The topological polar surface area (TPSA) is 88.1 Å². The van der Waals surface area contributed by atoms with Crippen molar-refractivity contribution in [3.63, 3.8) is 0 Å². The number of nitriles is 1. The molecule has 1 unspecified atom stereocenters. The molecule has 1 saturated heterocycles. The summed E-state index contributed by atoms with van der Waals surface area (Å²) in [6, 6.07) is 5.48. The third-order valence-electron chi connectivity index (χ3n) is 7.27. The largest absolute Gasteiger partial charge is 0.401 e. The summed E-state index contributed by atoms with van der Waals surface area (Å²) in [4.78, 5) is 11.8. The van der Waals surface area contributed by atoms with E-state index in [9.17, 15) is 5.26 Å². The first kappa shape index (κ1) is 24.6. The van der Waals surface area contributed by atoms with Gasteiger partial charge in [0.1, 0.15) is 11.9 Å². The van der Waals surface area contributed by atoms with Crippen LogP contribution < -0.4 is 15.9 Å². The highest BCUT2D eigenvalue weighted by Gasteiger charge is 2.29. The molecule has 1 aromatic heterocycles. The van der Waals surface area contributed by atoms with E-state index < -0.39 is 5.82 Å². The molecule has 0 aliphatic carbocycles. The number of fused-ring (bicyclic) bond motifs is 3. The van der Waals surface area contributed by atoms with Crippen LogP contribution in [-0.2, 0) is 18.0 Å². The first-order valence-electron chi connectivity index (χ1n) is 12.6. The highest BCUT2D eigenvalue weighted by molar-refractivity contribution is 7.29. The highest BCUT2D eigenvalue weighted by atomic mass is 31.0. The zero-order chi connectivity index (χ0) is 25.4. The number of allylic oxidation sites excluding steroid dienone is 2. The second-order valence-electron chi connectivity index (χ2n) is 9.59. The Bertz CT molecular complexity index is 1420. The van der Waals surface area contributed by atoms with E-state index in [1.165, 1.54) is 6.07 Å². The van der Waals surface area contributed by atoms with Gasteiger partial charge in [0.15, 0.2) is 0 Å². The molecule has 0 radical (unpaired) electrons. The zero-order valence-corrected chi connectivity index (χ0v) is 22.0. The monoisotopic (exact) mass is 503 g/mol. The fraction of sp³-hybridized carbons (Fsp3) is 0.393. The van der Waals surface area contributed by atoms with Gasteiger partial charge in [-0.2, -0.15) is 5.26 Å². The zero-order valence-electron chi connectivity index (χ0n) is 20.8. The molecular weight excluding hydrogens is 472 g/mol. The summed E-state index contributed by atoms with van der Waals surface area (Å²) < 4.78 is 21.7. The van der Waals surface area contributed by atoms with E-state index in [0.29, 0.717) is 48.0 Å². The van der Waals surface area contributed by atoms with Crippen molar-refractivity contribution in [2.75, 3.05) is 18.0 Å². The molecule has 1 fully saturated rings. The predicted octanol–water partition coefficient (Wildman–Crippen LogP) is 5.26. The summed E-state index contributed by atoms with van der Waals surface area (Å²) in [6.45, 7) is 6.62. The Hall–Kier alpha value is -3.07. The average Bonchev–Trinajstić information content (AvgIpc) is 3.59. The van der Waals surface area contributed by atoms with Crippen LogP contribution in [0.15, 0.2) is 24.0 Å². The van der Waals surface area contributed by atoms with E-state index in [4.69, 9.17) is 15.5 Å². The van der Waals surface area contributed by atoms with Crippen molar-refractivity contribution in [1.29, 1.82) is 5.26 Å². The van der Waals surface area contributed by atoms with Gasteiger partial charge < -0.3 is 15.4 Å². The lowest BCUT2D eigenvalue weighted by molar-refractivity contribution is 0.135. The predicted molar refractivity (Wildman–Crippen MR) is 145 cm³/mol. The van der Waals surface area contributed by atoms with Crippen LogP contribution in [0.2, 0.25) is 0 Å². The Kier molecular flexibility index (Phi) is 6.92. The number of anilines is 1. The number of benzene rings is 2. The molecule has 2 aromatic carbocycles. The van der Waals surface area contributed by atoms with Crippen LogP contribution in [0.4, 0.5) is 10.3 Å². The molecule has 3 aromatic rings. The quantitative estimate of drug-likeness (QED) is 0.365. The maximum absolute atomic E-state index is 15.8. The van der Waals surface area contributed by atoms with E-state index >= 15 is 4.39 Å². The van der Waals surface area contributed by atoms with Crippen LogP contribution in [0.1, 0.15) is 61.3 Å². The van der Waals surface area contributed by atoms with E-state index in [1.807, 2.05) is 13.1 Å². The molecule has 0 amide bonds. The second kappa shape index (κ2) is 10.1. The molecule has 36 heavy (non-hydrogen) atoms.